The van der Waals surface area contributed by atoms with E-state index in [9.17, 15) is 0 Å². The summed E-state index contributed by atoms with van der Waals surface area (Å²) in [7, 11) is 6.00. The van der Waals surface area contributed by atoms with Gasteiger partial charge in [0.2, 0.25) is 5.95 Å². The minimum atomic E-state index is 0.442. The number of thiocarbonyl (C=S) groups is 1. The number of aryl methyl sites for hydroxylation is 1. The van der Waals surface area contributed by atoms with Crippen LogP contribution in [0.2, 0.25) is 0 Å². The first-order valence-corrected chi connectivity index (χ1v) is 9.79. The van der Waals surface area contributed by atoms with Gasteiger partial charge in [-0.05, 0) is 63.6 Å². The maximum Gasteiger partial charge on any atom is 0.225 e. The number of nitrogens with one attached hydrogen (secondary N) is 3. The van der Waals surface area contributed by atoms with Crippen molar-refractivity contribution in [3.8, 4) is 0 Å². The van der Waals surface area contributed by atoms with E-state index >= 15 is 0 Å². The van der Waals surface area contributed by atoms with E-state index in [-0.39, 0.29) is 0 Å². The lowest BCUT2D eigenvalue weighted by Gasteiger charge is -2.31. The molecule has 0 saturated heterocycles. The molecule has 1 saturated carbocycles. The molecular formula is C18H30N6S. The fraction of sp³-hybridized carbons (Fsp3) is 0.722. The number of hydrogen-bond donors (Lipinski definition) is 3. The summed E-state index contributed by atoms with van der Waals surface area (Å²) in [5.74, 6) is 1.88. The molecule has 3 rings (SSSR count). The largest absolute Gasteiger partial charge is 0.366 e. The Hall–Kier alpha value is -1.63. The molecule has 0 unspecified atom stereocenters. The number of aromatic nitrogens is 2. The predicted molar refractivity (Wildman–Crippen MR) is 107 cm³/mol. The topological polar surface area (TPSA) is 65.1 Å². The molecule has 3 N–H and O–H groups in total. The first kappa shape index (κ1) is 18.2. The highest BCUT2D eigenvalue weighted by Gasteiger charge is 2.24. The second-order valence-corrected chi connectivity index (χ2v) is 7.72. The summed E-state index contributed by atoms with van der Waals surface area (Å²) in [6.07, 6.45) is 9.12. The van der Waals surface area contributed by atoms with E-state index in [4.69, 9.17) is 22.2 Å². The van der Waals surface area contributed by atoms with Gasteiger partial charge in [-0.25, -0.2) is 4.98 Å². The number of anilines is 2. The van der Waals surface area contributed by atoms with Crippen molar-refractivity contribution in [1.82, 2.24) is 20.6 Å². The van der Waals surface area contributed by atoms with E-state index < -0.39 is 0 Å². The molecule has 1 aromatic heterocycles. The summed E-state index contributed by atoms with van der Waals surface area (Å²) in [6.45, 7) is 0. The lowest BCUT2D eigenvalue weighted by molar-refractivity contribution is 0.386. The van der Waals surface area contributed by atoms with Gasteiger partial charge in [-0.3, -0.25) is 0 Å². The summed E-state index contributed by atoms with van der Waals surface area (Å²) >= 11 is 5.20. The van der Waals surface area contributed by atoms with Crippen molar-refractivity contribution in [2.75, 3.05) is 31.4 Å². The Labute approximate surface area is 156 Å². The molecule has 1 aromatic rings. The number of hydrogen-bond acceptors (Lipinski definition) is 5. The standard InChI is InChI=1S/C18H30N6S/c1-19-18(25)21-13-10-8-12(9-11-13)20-17-22-15-7-5-4-6-14(15)16(23-17)24(2)3/h12-13H,4-11H2,1-3H3,(H2,19,21,25)(H,20,22,23). The van der Waals surface area contributed by atoms with Gasteiger partial charge in [0.05, 0.1) is 5.69 Å². The molecule has 0 spiro atoms. The fourth-order valence-electron chi connectivity index (χ4n) is 3.83. The maximum absolute atomic E-state index is 5.20. The third kappa shape index (κ3) is 4.51. The second-order valence-electron chi connectivity index (χ2n) is 7.31. The molecule has 0 aliphatic heterocycles. The van der Waals surface area contributed by atoms with E-state index in [1.807, 2.05) is 7.05 Å². The normalized spacial score (nSPS) is 22.7. The summed E-state index contributed by atoms with van der Waals surface area (Å²) in [6, 6.07) is 0.914. The molecule has 0 bridgehead atoms. The molecule has 25 heavy (non-hydrogen) atoms. The Bertz CT molecular complexity index is 610. The van der Waals surface area contributed by atoms with Gasteiger partial charge in [0.25, 0.3) is 0 Å². The van der Waals surface area contributed by atoms with Crippen molar-refractivity contribution in [3.63, 3.8) is 0 Å². The van der Waals surface area contributed by atoms with Crippen LogP contribution >= 0.6 is 12.2 Å². The van der Waals surface area contributed by atoms with E-state index in [1.165, 1.54) is 24.1 Å². The summed E-state index contributed by atoms with van der Waals surface area (Å²) in [5.41, 5.74) is 2.58. The van der Waals surface area contributed by atoms with Gasteiger partial charge in [-0.15, -0.1) is 0 Å². The van der Waals surface area contributed by atoms with Crippen LogP contribution in [0.3, 0.4) is 0 Å². The molecule has 7 heteroatoms. The number of rotatable bonds is 4. The fourth-order valence-corrected chi connectivity index (χ4v) is 4.00. The van der Waals surface area contributed by atoms with Crippen LogP contribution in [-0.4, -0.2) is 48.3 Å². The summed E-state index contributed by atoms with van der Waals surface area (Å²) < 4.78 is 0. The Morgan fingerprint density at radius 2 is 1.72 bits per heavy atom. The molecule has 1 fully saturated rings. The molecule has 138 valence electrons. The summed E-state index contributed by atoms with van der Waals surface area (Å²) in [5, 5.41) is 10.7. The maximum atomic E-state index is 5.20. The lowest BCUT2D eigenvalue weighted by atomic mass is 9.91. The smallest absolute Gasteiger partial charge is 0.225 e. The van der Waals surface area contributed by atoms with Crippen molar-refractivity contribution in [1.29, 1.82) is 0 Å². The Balaban J connectivity index is 1.64. The zero-order valence-electron chi connectivity index (χ0n) is 15.6. The molecule has 1 heterocycles. The Kier molecular flexibility index (Phi) is 5.93. The minimum absolute atomic E-state index is 0.442. The highest BCUT2D eigenvalue weighted by molar-refractivity contribution is 7.80. The van der Waals surface area contributed by atoms with Crippen LogP contribution in [0, 0.1) is 0 Å². The molecule has 6 nitrogen and oxygen atoms in total. The summed E-state index contributed by atoms with van der Waals surface area (Å²) in [4.78, 5) is 11.8. The monoisotopic (exact) mass is 362 g/mol. The van der Waals surface area contributed by atoms with Crippen LogP contribution in [0.4, 0.5) is 11.8 Å². The zero-order chi connectivity index (χ0) is 17.8. The second kappa shape index (κ2) is 8.17. The van der Waals surface area contributed by atoms with Crippen LogP contribution in [0.1, 0.15) is 49.8 Å². The molecule has 0 radical (unpaired) electrons. The molecule has 2 aliphatic rings. The number of nitrogens with zero attached hydrogens (tertiary/aromatic N) is 3. The Morgan fingerprint density at radius 1 is 1.04 bits per heavy atom. The van der Waals surface area contributed by atoms with Crippen LogP contribution in [0.25, 0.3) is 0 Å². The molecule has 2 aliphatic carbocycles. The molecular weight excluding hydrogens is 332 g/mol. The lowest BCUT2D eigenvalue weighted by Crippen LogP contribution is -2.43. The third-order valence-electron chi connectivity index (χ3n) is 5.21. The SMILES string of the molecule is CNC(=S)NC1CCC(Nc2nc3c(c(N(C)C)n2)CCCC3)CC1. The van der Waals surface area contributed by atoms with E-state index in [0.29, 0.717) is 12.1 Å². The highest BCUT2D eigenvalue weighted by Crippen LogP contribution is 2.29. The van der Waals surface area contributed by atoms with Crippen molar-refractivity contribution in [2.45, 2.75) is 63.5 Å². The first-order valence-electron chi connectivity index (χ1n) is 9.38. The van der Waals surface area contributed by atoms with Gasteiger partial charge in [0.15, 0.2) is 5.11 Å². The Morgan fingerprint density at radius 3 is 2.40 bits per heavy atom. The third-order valence-corrected chi connectivity index (χ3v) is 5.53. The number of fused-ring (bicyclic) bond motifs is 1. The minimum Gasteiger partial charge on any atom is -0.366 e. The van der Waals surface area contributed by atoms with Gasteiger partial charge in [0.1, 0.15) is 5.82 Å². The van der Waals surface area contributed by atoms with Gasteiger partial charge in [0, 0.05) is 38.8 Å². The van der Waals surface area contributed by atoms with Crippen LogP contribution in [0.15, 0.2) is 0 Å². The first-order chi connectivity index (χ1) is 12.1. The van der Waals surface area contributed by atoms with E-state index in [2.05, 4.69) is 34.9 Å². The molecule has 0 amide bonds. The molecule has 0 atom stereocenters. The van der Waals surface area contributed by atoms with Gasteiger partial charge < -0.3 is 20.9 Å². The van der Waals surface area contributed by atoms with Gasteiger partial charge in [-0.1, -0.05) is 0 Å². The zero-order valence-corrected chi connectivity index (χ0v) is 16.4. The van der Waals surface area contributed by atoms with Crippen molar-refractivity contribution in [3.05, 3.63) is 11.3 Å². The average Bonchev–Trinajstić information content (AvgIpc) is 2.62. The van der Waals surface area contributed by atoms with Gasteiger partial charge in [-0.2, -0.15) is 4.98 Å². The van der Waals surface area contributed by atoms with E-state index in [1.54, 1.807) is 0 Å². The highest BCUT2D eigenvalue weighted by atomic mass is 32.1. The van der Waals surface area contributed by atoms with Crippen LogP contribution in [-0.2, 0) is 12.8 Å². The molecule has 0 aromatic carbocycles. The van der Waals surface area contributed by atoms with Crippen molar-refractivity contribution >= 4 is 29.1 Å². The van der Waals surface area contributed by atoms with E-state index in [0.717, 1.165) is 55.4 Å². The quantitative estimate of drug-likeness (QED) is 0.710. The van der Waals surface area contributed by atoms with Crippen LogP contribution < -0.4 is 20.9 Å². The van der Waals surface area contributed by atoms with Crippen LogP contribution in [0.5, 0.6) is 0 Å². The van der Waals surface area contributed by atoms with Crippen molar-refractivity contribution in [2.24, 2.45) is 0 Å². The average molecular weight is 363 g/mol. The van der Waals surface area contributed by atoms with Gasteiger partial charge >= 0.3 is 0 Å². The van der Waals surface area contributed by atoms with Crippen molar-refractivity contribution < 1.29 is 0 Å². The predicted octanol–water partition coefficient (Wildman–Crippen LogP) is 2.24.